The average Bonchev–Trinajstić information content (AvgIpc) is 2.98. The Morgan fingerprint density at radius 3 is 2.90 bits per heavy atom. The maximum atomic E-state index is 11.7. The van der Waals surface area contributed by atoms with Crippen LogP contribution in [0.1, 0.15) is 25.3 Å². The molecule has 0 aliphatic carbocycles. The number of aromatic hydroxyl groups is 1. The van der Waals surface area contributed by atoms with Crippen molar-refractivity contribution in [1.82, 2.24) is 5.32 Å². The lowest BCUT2D eigenvalue weighted by Crippen LogP contribution is -2.49. The van der Waals surface area contributed by atoms with Crippen molar-refractivity contribution in [3.63, 3.8) is 0 Å². The number of ether oxygens (including phenoxy) is 2. The Kier molecular flexibility index (Phi) is 4.69. The van der Waals surface area contributed by atoms with Gasteiger partial charge in [0.05, 0.1) is 13.2 Å². The molecule has 3 N–H and O–H groups in total. The number of benzene rings is 1. The lowest BCUT2D eigenvalue weighted by Gasteiger charge is -2.28. The minimum atomic E-state index is -1.27. The Labute approximate surface area is 123 Å². The number of methoxy groups -OCH3 is 1. The van der Waals surface area contributed by atoms with Crippen LogP contribution in [0.2, 0.25) is 0 Å². The molecular weight excluding hydrogens is 274 g/mol. The third-order valence-corrected chi connectivity index (χ3v) is 3.89. The minimum Gasteiger partial charge on any atom is -0.504 e. The van der Waals surface area contributed by atoms with E-state index in [9.17, 15) is 15.0 Å². The van der Waals surface area contributed by atoms with E-state index in [0.29, 0.717) is 12.1 Å². The maximum Gasteiger partial charge on any atom is 0.328 e. The van der Waals surface area contributed by atoms with Crippen molar-refractivity contribution in [2.75, 3.05) is 20.3 Å². The van der Waals surface area contributed by atoms with Crippen LogP contribution in [-0.2, 0) is 15.1 Å². The number of rotatable bonds is 6. The SMILES string of the molecule is COc1cc(C(C)(NCC2CCCO2)C(=O)O)ccc1O. The highest BCUT2D eigenvalue weighted by Crippen LogP contribution is 2.31. The predicted molar refractivity (Wildman–Crippen MR) is 76.6 cm³/mol. The molecular formula is C15H21NO5. The van der Waals surface area contributed by atoms with Gasteiger partial charge in [-0.2, -0.15) is 0 Å². The van der Waals surface area contributed by atoms with Gasteiger partial charge < -0.3 is 19.7 Å². The van der Waals surface area contributed by atoms with Crippen LogP contribution >= 0.6 is 0 Å². The number of phenolic OH excluding ortho intramolecular Hbond substituents is 1. The summed E-state index contributed by atoms with van der Waals surface area (Å²) in [7, 11) is 1.43. The predicted octanol–water partition coefficient (Wildman–Crippen LogP) is 1.47. The van der Waals surface area contributed by atoms with E-state index in [1.54, 1.807) is 13.0 Å². The summed E-state index contributed by atoms with van der Waals surface area (Å²) in [6.07, 6.45) is 1.98. The zero-order valence-electron chi connectivity index (χ0n) is 12.3. The summed E-state index contributed by atoms with van der Waals surface area (Å²) in [4.78, 5) is 11.7. The van der Waals surface area contributed by atoms with Gasteiger partial charge in [-0.15, -0.1) is 0 Å². The highest BCUT2D eigenvalue weighted by Gasteiger charge is 2.36. The zero-order chi connectivity index (χ0) is 15.5. The number of nitrogens with one attached hydrogen (secondary N) is 1. The van der Waals surface area contributed by atoms with Crippen molar-refractivity contribution in [1.29, 1.82) is 0 Å². The zero-order valence-corrected chi connectivity index (χ0v) is 12.3. The molecule has 6 nitrogen and oxygen atoms in total. The fraction of sp³-hybridized carbons (Fsp3) is 0.533. The van der Waals surface area contributed by atoms with Gasteiger partial charge in [-0.25, -0.2) is 4.79 Å². The number of aliphatic carboxylic acids is 1. The highest BCUT2D eigenvalue weighted by atomic mass is 16.5. The number of carbonyl (C=O) groups is 1. The number of phenols is 1. The molecule has 0 radical (unpaired) electrons. The quantitative estimate of drug-likeness (QED) is 0.736. The second-order valence-corrected chi connectivity index (χ2v) is 5.33. The average molecular weight is 295 g/mol. The van der Waals surface area contributed by atoms with Gasteiger partial charge in [-0.05, 0) is 37.5 Å². The van der Waals surface area contributed by atoms with Gasteiger partial charge in [0.1, 0.15) is 5.54 Å². The summed E-state index contributed by atoms with van der Waals surface area (Å²) >= 11 is 0. The Morgan fingerprint density at radius 1 is 1.57 bits per heavy atom. The molecule has 0 bridgehead atoms. The normalized spacial score (nSPS) is 21.0. The lowest BCUT2D eigenvalue weighted by molar-refractivity contribution is -0.144. The molecule has 0 amide bonds. The van der Waals surface area contributed by atoms with E-state index in [2.05, 4.69) is 5.32 Å². The van der Waals surface area contributed by atoms with E-state index in [-0.39, 0.29) is 17.6 Å². The van der Waals surface area contributed by atoms with Crippen LogP contribution in [0, 0.1) is 0 Å². The molecule has 1 saturated heterocycles. The van der Waals surface area contributed by atoms with Gasteiger partial charge in [0, 0.05) is 13.2 Å². The molecule has 1 heterocycles. The van der Waals surface area contributed by atoms with Gasteiger partial charge in [0.2, 0.25) is 0 Å². The highest BCUT2D eigenvalue weighted by molar-refractivity contribution is 5.80. The topological polar surface area (TPSA) is 88.0 Å². The number of carboxylic acid groups (broad SMARTS) is 1. The van der Waals surface area contributed by atoms with Crippen LogP contribution in [-0.4, -0.2) is 42.5 Å². The number of hydrogen-bond acceptors (Lipinski definition) is 5. The number of carboxylic acids is 1. The first-order valence-electron chi connectivity index (χ1n) is 6.95. The Balaban J connectivity index is 2.21. The molecule has 21 heavy (non-hydrogen) atoms. The van der Waals surface area contributed by atoms with Crippen LogP contribution in [0.5, 0.6) is 11.5 Å². The maximum absolute atomic E-state index is 11.7. The fourth-order valence-electron chi connectivity index (χ4n) is 2.41. The molecule has 0 saturated carbocycles. The van der Waals surface area contributed by atoms with Crippen LogP contribution in [0.25, 0.3) is 0 Å². The van der Waals surface area contributed by atoms with Crippen LogP contribution in [0.4, 0.5) is 0 Å². The summed E-state index contributed by atoms with van der Waals surface area (Å²) in [6, 6.07) is 4.55. The smallest absolute Gasteiger partial charge is 0.328 e. The van der Waals surface area contributed by atoms with Gasteiger partial charge in [0.15, 0.2) is 11.5 Å². The third-order valence-electron chi connectivity index (χ3n) is 3.89. The van der Waals surface area contributed by atoms with Gasteiger partial charge >= 0.3 is 5.97 Å². The lowest BCUT2D eigenvalue weighted by atomic mass is 9.91. The summed E-state index contributed by atoms with van der Waals surface area (Å²) in [5, 5.41) is 22.3. The van der Waals surface area contributed by atoms with Crippen LogP contribution < -0.4 is 10.1 Å². The monoisotopic (exact) mass is 295 g/mol. The first-order chi connectivity index (χ1) is 9.97. The third kappa shape index (κ3) is 3.28. The molecule has 1 aliphatic heterocycles. The van der Waals surface area contributed by atoms with Crippen molar-refractivity contribution < 1.29 is 24.5 Å². The Bertz CT molecular complexity index is 513. The number of hydrogen-bond donors (Lipinski definition) is 3. The van der Waals surface area contributed by atoms with Crippen LogP contribution in [0.15, 0.2) is 18.2 Å². The van der Waals surface area contributed by atoms with E-state index in [1.165, 1.54) is 19.2 Å². The van der Waals surface area contributed by atoms with E-state index in [1.807, 2.05) is 0 Å². The van der Waals surface area contributed by atoms with E-state index < -0.39 is 11.5 Å². The fourth-order valence-corrected chi connectivity index (χ4v) is 2.41. The van der Waals surface area contributed by atoms with Crippen molar-refractivity contribution in [2.45, 2.75) is 31.4 Å². The standard InChI is InChI=1S/C15H21NO5/c1-15(14(18)19,16-9-11-4-3-7-21-11)10-5-6-12(17)13(8-10)20-2/h5-6,8,11,16-17H,3-4,7,9H2,1-2H3,(H,18,19). The van der Waals surface area contributed by atoms with Gasteiger partial charge in [-0.1, -0.05) is 6.07 Å². The molecule has 1 aromatic carbocycles. The Hall–Kier alpha value is -1.79. The summed E-state index contributed by atoms with van der Waals surface area (Å²) in [5.74, 6) is -0.764. The molecule has 116 valence electrons. The van der Waals surface area contributed by atoms with E-state index >= 15 is 0 Å². The van der Waals surface area contributed by atoms with Crippen molar-refractivity contribution in [3.8, 4) is 11.5 Å². The molecule has 1 fully saturated rings. The first kappa shape index (κ1) is 15.6. The summed E-state index contributed by atoms with van der Waals surface area (Å²) < 4.78 is 10.6. The molecule has 0 spiro atoms. The van der Waals surface area contributed by atoms with Crippen molar-refractivity contribution >= 4 is 5.97 Å². The molecule has 2 rings (SSSR count). The molecule has 2 atom stereocenters. The first-order valence-corrected chi connectivity index (χ1v) is 6.95. The van der Waals surface area contributed by atoms with E-state index in [0.717, 1.165) is 19.4 Å². The Morgan fingerprint density at radius 2 is 2.33 bits per heavy atom. The molecule has 1 aliphatic rings. The minimum absolute atomic E-state index is 0.0203. The van der Waals surface area contributed by atoms with Crippen LogP contribution in [0.3, 0.4) is 0 Å². The van der Waals surface area contributed by atoms with Crippen molar-refractivity contribution in [3.05, 3.63) is 23.8 Å². The second kappa shape index (κ2) is 6.32. The largest absolute Gasteiger partial charge is 0.504 e. The van der Waals surface area contributed by atoms with Crippen molar-refractivity contribution in [2.24, 2.45) is 0 Å². The molecule has 0 aromatic heterocycles. The summed E-state index contributed by atoms with van der Waals surface area (Å²) in [5.41, 5.74) is -0.755. The van der Waals surface area contributed by atoms with Gasteiger partial charge in [-0.3, -0.25) is 5.32 Å². The molecule has 2 unspecified atom stereocenters. The second-order valence-electron chi connectivity index (χ2n) is 5.33. The van der Waals surface area contributed by atoms with Gasteiger partial charge in [0.25, 0.3) is 0 Å². The summed E-state index contributed by atoms with van der Waals surface area (Å²) in [6.45, 7) is 2.78. The van der Waals surface area contributed by atoms with E-state index in [4.69, 9.17) is 9.47 Å². The molecule has 6 heteroatoms. The molecule has 1 aromatic rings.